The number of alkyl halides is 3. The number of amides is 1. The molecule has 104 valence electrons. The normalized spacial score (nSPS) is 23.4. The summed E-state index contributed by atoms with van der Waals surface area (Å²) in [7, 11) is 0. The Morgan fingerprint density at radius 1 is 1.21 bits per heavy atom. The fourth-order valence-corrected chi connectivity index (χ4v) is 2.17. The first-order chi connectivity index (χ1) is 8.88. The quantitative estimate of drug-likeness (QED) is 0.869. The lowest BCUT2D eigenvalue weighted by atomic mass is 10.1. The summed E-state index contributed by atoms with van der Waals surface area (Å²) in [6.07, 6.45) is -2.82. The Hall–Kier alpha value is -1.56. The Balaban J connectivity index is 2.03. The standard InChI is InChI=1S/C13H14F3NO2/c14-13(15,16)9-6-4-8(5-7-9)12(19)17-10-2-1-3-11(10)18/h4-7,10-11,18H,1-3H2,(H,17,19)/t10-,11-/m0/s1. The van der Waals surface area contributed by atoms with Crippen LogP contribution in [0, 0.1) is 0 Å². The van der Waals surface area contributed by atoms with Gasteiger partial charge < -0.3 is 10.4 Å². The zero-order chi connectivity index (χ0) is 14.0. The molecule has 1 aromatic carbocycles. The van der Waals surface area contributed by atoms with Gasteiger partial charge in [-0.05, 0) is 43.5 Å². The fraction of sp³-hybridized carbons (Fsp3) is 0.462. The number of halogens is 3. The largest absolute Gasteiger partial charge is 0.416 e. The van der Waals surface area contributed by atoms with E-state index in [1.165, 1.54) is 0 Å². The molecule has 2 atom stereocenters. The van der Waals surface area contributed by atoms with Gasteiger partial charge >= 0.3 is 6.18 Å². The van der Waals surface area contributed by atoms with Gasteiger partial charge in [-0.15, -0.1) is 0 Å². The third kappa shape index (κ3) is 3.26. The molecule has 0 bridgehead atoms. The molecule has 1 aliphatic carbocycles. The maximum atomic E-state index is 12.4. The number of nitrogens with one attached hydrogen (secondary N) is 1. The van der Waals surface area contributed by atoms with Crippen molar-refractivity contribution in [2.24, 2.45) is 0 Å². The summed E-state index contributed by atoms with van der Waals surface area (Å²) in [4.78, 5) is 11.8. The van der Waals surface area contributed by atoms with Gasteiger partial charge in [-0.2, -0.15) is 13.2 Å². The molecule has 2 rings (SSSR count). The summed E-state index contributed by atoms with van der Waals surface area (Å²) in [5, 5.41) is 12.2. The highest BCUT2D eigenvalue weighted by molar-refractivity contribution is 5.94. The summed E-state index contributed by atoms with van der Waals surface area (Å²) in [5.41, 5.74) is -0.628. The Morgan fingerprint density at radius 3 is 2.32 bits per heavy atom. The van der Waals surface area contributed by atoms with E-state index in [9.17, 15) is 23.1 Å². The van der Waals surface area contributed by atoms with Gasteiger partial charge in [-0.1, -0.05) is 0 Å². The zero-order valence-electron chi connectivity index (χ0n) is 10.1. The molecular formula is C13H14F3NO2. The van der Waals surface area contributed by atoms with Gasteiger partial charge in [0.05, 0.1) is 17.7 Å². The molecule has 6 heteroatoms. The number of rotatable bonds is 2. The van der Waals surface area contributed by atoms with E-state index >= 15 is 0 Å². The predicted octanol–water partition coefficient (Wildman–Crippen LogP) is 2.35. The van der Waals surface area contributed by atoms with E-state index in [2.05, 4.69) is 5.32 Å². The summed E-state index contributed by atoms with van der Waals surface area (Å²) < 4.78 is 37.1. The van der Waals surface area contributed by atoms with Crippen molar-refractivity contribution in [2.45, 2.75) is 37.6 Å². The molecule has 1 aromatic rings. The van der Waals surface area contributed by atoms with Gasteiger partial charge in [0.1, 0.15) is 0 Å². The van der Waals surface area contributed by atoms with Crippen LogP contribution in [0.25, 0.3) is 0 Å². The molecule has 1 saturated carbocycles. The fourth-order valence-electron chi connectivity index (χ4n) is 2.17. The molecule has 0 heterocycles. The van der Waals surface area contributed by atoms with Gasteiger partial charge in [0.25, 0.3) is 5.91 Å². The Bertz CT molecular complexity index is 456. The van der Waals surface area contributed by atoms with Crippen LogP contribution in [0.3, 0.4) is 0 Å². The van der Waals surface area contributed by atoms with Crippen LogP contribution < -0.4 is 5.32 Å². The minimum Gasteiger partial charge on any atom is -0.391 e. The van der Waals surface area contributed by atoms with Crippen LogP contribution >= 0.6 is 0 Å². The number of carbonyl (C=O) groups excluding carboxylic acids is 1. The van der Waals surface area contributed by atoms with Gasteiger partial charge in [0.15, 0.2) is 0 Å². The second kappa shape index (κ2) is 5.21. The van der Waals surface area contributed by atoms with E-state index in [-0.39, 0.29) is 11.6 Å². The van der Waals surface area contributed by atoms with E-state index in [4.69, 9.17) is 0 Å². The van der Waals surface area contributed by atoms with Crippen LogP contribution in [0.5, 0.6) is 0 Å². The summed E-state index contributed by atoms with van der Waals surface area (Å²) in [6, 6.07) is 3.72. The van der Waals surface area contributed by atoms with Crippen molar-refractivity contribution in [1.29, 1.82) is 0 Å². The molecule has 0 aromatic heterocycles. The first kappa shape index (κ1) is 13.9. The number of carbonyl (C=O) groups is 1. The Labute approximate surface area is 108 Å². The Morgan fingerprint density at radius 2 is 1.84 bits per heavy atom. The van der Waals surface area contributed by atoms with Crippen molar-refractivity contribution in [3.05, 3.63) is 35.4 Å². The smallest absolute Gasteiger partial charge is 0.391 e. The van der Waals surface area contributed by atoms with E-state index in [1.807, 2.05) is 0 Å². The van der Waals surface area contributed by atoms with E-state index in [0.29, 0.717) is 12.8 Å². The van der Waals surface area contributed by atoms with Crippen LogP contribution in [0.4, 0.5) is 13.2 Å². The molecule has 0 spiro atoms. The monoisotopic (exact) mass is 273 g/mol. The maximum absolute atomic E-state index is 12.4. The molecule has 0 saturated heterocycles. The van der Waals surface area contributed by atoms with E-state index in [0.717, 1.165) is 30.7 Å². The second-order valence-electron chi connectivity index (χ2n) is 4.65. The number of hydrogen-bond acceptors (Lipinski definition) is 2. The van der Waals surface area contributed by atoms with Crippen LogP contribution in [0.15, 0.2) is 24.3 Å². The van der Waals surface area contributed by atoms with Crippen LogP contribution in [0.2, 0.25) is 0 Å². The van der Waals surface area contributed by atoms with E-state index in [1.54, 1.807) is 0 Å². The second-order valence-corrected chi connectivity index (χ2v) is 4.65. The number of aliphatic hydroxyl groups is 1. The number of aliphatic hydroxyl groups excluding tert-OH is 1. The first-order valence-electron chi connectivity index (χ1n) is 6.04. The van der Waals surface area contributed by atoms with Gasteiger partial charge in [0, 0.05) is 5.56 Å². The molecule has 19 heavy (non-hydrogen) atoms. The number of benzene rings is 1. The highest BCUT2D eigenvalue weighted by Crippen LogP contribution is 2.29. The predicted molar refractivity (Wildman–Crippen MR) is 62.6 cm³/mol. The summed E-state index contributed by atoms with van der Waals surface area (Å²) >= 11 is 0. The van der Waals surface area contributed by atoms with Crippen LogP contribution in [-0.4, -0.2) is 23.2 Å². The lowest BCUT2D eigenvalue weighted by molar-refractivity contribution is -0.137. The van der Waals surface area contributed by atoms with Gasteiger partial charge in [0.2, 0.25) is 0 Å². The van der Waals surface area contributed by atoms with Gasteiger partial charge in [-0.25, -0.2) is 0 Å². The van der Waals surface area contributed by atoms with Crippen molar-refractivity contribution in [2.75, 3.05) is 0 Å². The molecule has 1 amide bonds. The molecule has 3 nitrogen and oxygen atoms in total. The average Bonchev–Trinajstić information content (AvgIpc) is 2.74. The third-order valence-electron chi connectivity index (χ3n) is 3.27. The summed E-state index contributed by atoms with van der Waals surface area (Å²) in [5.74, 6) is -0.459. The van der Waals surface area contributed by atoms with E-state index < -0.39 is 23.8 Å². The number of hydrogen-bond donors (Lipinski definition) is 2. The van der Waals surface area contributed by atoms with Crippen molar-refractivity contribution >= 4 is 5.91 Å². The topological polar surface area (TPSA) is 49.3 Å². The van der Waals surface area contributed by atoms with Crippen LogP contribution in [-0.2, 0) is 6.18 Å². The van der Waals surface area contributed by atoms with Crippen LogP contribution in [0.1, 0.15) is 35.2 Å². The first-order valence-corrected chi connectivity index (χ1v) is 6.04. The van der Waals surface area contributed by atoms with Crippen molar-refractivity contribution in [1.82, 2.24) is 5.32 Å². The van der Waals surface area contributed by atoms with Gasteiger partial charge in [-0.3, -0.25) is 4.79 Å². The highest BCUT2D eigenvalue weighted by Gasteiger charge is 2.31. The summed E-state index contributed by atoms with van der Waals surface area (Å²) in [6.45, 7) is 0. The van der Waals surface area contributed by atoms with Crippen molar-refractivity contribution in [3.8, 4) is 0 Å². The third-order valence-corrected chi connectivity index (χ3v) is 3.27. The molecule has 0 radical (unpaired) electrons. The maximum Gasteiger partial charge on any atom is 0.416 e. The lowest BCUT2D eigenvalue weighted by Crippen LogP contribution is -2.39. The Kier molecular flexibility index (Phi) is 3.80. The minimum absolute atomic E-state index is 0.159. The molecule has 1 fully saturated rings. The van der Waals surface area contributed by atoms with Crippen molar-refractivity contribution < 1.29 is 23.1 Å². The SMILES string of the molecule is O=C(N[C@H]1CCC[C@@H]1O)c1ccc(C(F)(F)F)cc1. The highest BCUT2D eigenvalue weighted by atomic mass is 19.4. The molecule has 0 aliphatic heterocycles. The minimum atomic E-state index is -4.41. The molecular weight excluding hydrogens is 259 g/mol. The van der Waals surface area contributed by atoms with Crippen molar-refractivity contribution in [3.63, 3.8) is 0 Å². The zero-order valence-corrected chi connectivity index (χ0v) is 10.1. The molecule has 2 N–H and O–H groups in total. The lowest BCUT2D eigenvalue weighted by Gasteiger charge is -2.16. The molecule has 1 aliphatic rings. The average molecular weight is 273 g/mol. The molecule has 0 unspecified atom stereocenters.